The molecule has 1 N–H and O–H groups in total. The molecule has 3 aliphatic rings. The van der Waals surface area contributed by atoms with Crippen molar-refractivity contribution in [2.24, 2.45) is 0 Å². The lowest BCUT2D eigenvalue weighted by Gasteiger charge is -2.46. The van der Waals surface area contributed by atoms with Crippen LogP contribution in [0.2, 0.25) is 0 Å². The van der Waals surface area contributed by atoms with Crippen molar-refractivity contribution in [3.8, 4) is 0 Å². The Morgan fingerprint density at radius 1 is 0.762 bits per heavy atom. The molecule has 0 aromatic heterocycles. The minimum absolute atomic E-state index is 0. The predicted octanol–water partition coefficient (Wildman–Crippen LogP) is -1.89. The van der Waals surface area contributed by atoms with Crippen molar-refractivity contribution in [2.45, 2.75) is 73.2 Å². The maximum absolute atomic E-state index is 4.03. The van der Waals surface area contributed by atoms with Gasteiger partial charge in [-0.1, -0.05) is 0 Å². The van der Waals surface area contributed by atoms with E-state index in [1.54, 1.807) is 11.8 Å². The molecule has 1 heterocycles. The molecule has 2 saturated carbocycles. The molecule has 124 valence electrons. The van der Waals surface area contributed by atoms with E-state index in [0.29, 0.717) is 0 Å². The third-order valence-corrected chi connectivity index (χ3v) is 7.76. The number of rotatable bonds is 2. The fourth-order valence-electron chi connectivity index (χ4n) is 4.43. The molecule has 21 heavy (non-hydrogen) atoms. The second-order valence-corrected chi connectivity index (χ2v) is 9.15. The Balaban J connectivity index is 0.00000161. The van der Waals surface area contributed by atoms with Crippen molar-refractivity contribution in [3.63, 3.8) is 0 Å². The largest absolute Gasteiger partial charge is 1.00 e. The van der Waals surface area contributed by atoms with Crippen LogP contribution >= 0.6 is 0 Å². The Bertz CT molecular complexity index is 309. The monoisotopic (exact) mass is 333 g/mol. The maximum Gasteiger partial charge on any atom is 0.133 e. The minimum Gasteiger partial charge on any atom is -1.00 e. The first-order chi connectivity index (χ1) is 9.54. The van der Waals surface area contributed by atoms with Crippen LogP contribution < -0.4 is 17.7 Å². The Hall–Kier alpha value is 0.520. The van der Waals surface area contributed by atoms with Gasteiger partial charge in [-0.05, 0) is 65.6 Å². The fourth-order valence-corrected chi connectivity index (χ4v) is 6.54. The predicted molar refractivity (Wildman–Crippen MR) is 89.7 cm³/mol. The van der Waals surface area contributed by atoms with E-state index >= 15 is 0 Å². The van der Waals surface area contributed by atoms with Crippen LogP contribution in [0.15, 0.2) is 0 Å². The maximum atomic E-state index is 4.03. The summed E-state index contributed by atoms with van der Waals surface area (Å²) >= 11 is 1.76. The van der Waals surface area contributed by atoms with Crippen molar-refractivity contribution in [1.82, 2.24) is 15.1 Å². The van der Waals surface area contributed by atoms with Crippen molar-refractivity contribution in [2.75, 3.05) is 28.2 Å². The Kier molecular flexibility index (Phi) is 6.29. The second kappa shape index (κ2) is 7.39. The molecular weight excluding hydrogens is 302 g/mol. The van der Waals surface area contributed by atoms with Crippen LogP contribution in [0.4, 0.5) is 0 Å². The number of thiol groups is 1. The van der Waals surface area contributed by atoms with Crippen LogP contribution in [0.5, 0.6) is 0 Å². The van der Waals surface area contributed by atoms with E-state index < -0.39 is 0 Å². The van der Waals surface area contributed by atoms with E-state index in [9.17, 15) is 0 Å². The van der Waals surface area contributed by atoms with Gasteiger partial charge in [-0.2, -0.15) is 0 Å². The summed E-state index contributed by atoms with van der Waals surface area (Å²) in [4.78, 5) is 4.89. The van der Waals surface area contributed by atoms with Gasteiger partial charge in [0.15, 0.2) is 0 Å². The van der Waals surface area contributed by atoms with Crippen LogP contribution in [0.3, 0.4) is 0 Å². The first kappa shape index (κ1) is 17.9. The van der Waals surface area contributed by atoms with Gasteiger partial charge in [0.05, 0.1) is 12.1 Å². The lowest BCUT2D eigenvalue weighted by atomic mass is 9.85. The van der Waals surface area contributed by atoms with Gasteiger partial charge in [0.25, 0.3) is 0 Å². The van der Waals surface area contributed by atoms with Crippen LogP contribution in [-0.4, -0.2) is 72.7 Å². The van der Waals surface area contributed by atoms with Gasteiger partial charge in [-0.3, -0.25) is 0 Å². The third kappa shape index (κ3) is 3.89. The van der Waals surface area contributed by atoms with Crippen LogP contribution in [0.25, 0.3) is 0 Å². The summed E-state index contributed by atoms with van der Waals surface area (Å²) in [6, 6.07) is 3.25. The highest BCUT2D eigenvalue weighted by Crippen LogP contribution is 2.35. The van der Waals surface area contributed by atoms with Gasteiger partial charge in [-0.25, -0.2) is 0 Å². The zero-order valence-electron chi connectivity index (χ0n) is 13.9. The number of nitrogens with zero attached hydrogens (tertiary/aromatic N) is 2. The van der Waals surface area contributed by atoms with Crippen molar-refractivity contribution >= 4 is 11.8 Å². The first-order valence-electron chi connectivity index (χ1n) is 8.33. The van der Waals surface area contributed by atoms with E-state index in [1.807, 2.05) is 0 Å². The van der Waals surface area contributed by atoms with Gasteiger partial charge < -0.3 is 27.5 Å². The lowest BCUT2D eigenvalue weighted by Crippen LogP contribution is -3.00. The highest BCUT2D eigenvalue weighted by atomic mass is 35.5. The van der Waals surface area contributed by atoms with Crippen LogP contribution in [0.1, 0.15) is 38.5 Å². The molecule has 0 aromatic rings. The smallest absolute Gasteiger partial charge is 0.133 e. The summed E-state index contributed by atoms with van der Waals surface area (Å²) in [5.41, 5.74) is 0. The molecule has 0 spiro atoms. The van der Waals surface area contributed by atoms with Crippen LogP contribution in [0, 0.1) is 0 Å². The molecule has 3 fully saturated rings. The molecule has 5 heteroatoms. The highest BCUT2D eigenvalue weighted by Gasteiger charge is 2.48. The standard InChI is InChI=1S/C16H31N3S.ClH/c1-18(2)11-5-7-13-15(9-11)20-16-10-12(19(3)4)6-8-14(16)17-13;/h11-17H,5-10H2,1-4H3;1H. The zero-order valence-corrected chi connectivity index (χ0v) is 15.6. The Morgan fingerprint density at radius 3 is 1.57 bits per heavy atom. The minimum atomic E-state index is 0. The molecule has 6 atom stereocenters. The van der Waals surface area contributed by atoms with E-state index in [-0.39, 0.29) is 12.4 Å². The van der Waals surface area contributed by atoms with E-state index in [2.05, 4.69) is 43.3 Å². The number of hydrogen-bond acceptors (Lipinski definition) is 3. The first-order valence-corrected chi connectivity index (χ1v) is 9.36. The summed E-state index contributed by atoms with van der Waals surface area (Å²) in [7, 11) is 9.01. The summed E-state index contributed by atoms with van der Waals surface area (Å²) in [5.74, 6) is 0. The summed E-state index contributed by atoms with van der Waals surface area (Å²) in [5, 5.41) is 5.83. The molecule has 3 rings (SSSR count). The summed E-state index contributed by atoms with van der Waals surface area (Å²) < 4.78 is 0. The fraction of sp³-hybridized carbons (Fsp3) is 1.00. The summed E-state index contributed by atoms with van der Waals surface area (Å²) in [6.45, 7) is 0. The molecular formula is C16H32ClN3S. The normalized spacial score (nSPS) is 43.1. The quantitative estimate of drug-likeness (QED) is 0.471. The molecule has 0 bridgehead atoms. The molecule has 0 amide bonds. The topological polar surface area (TPSA) is 18.5 Å². The lowest BCUT2D eigenvalue weighted by molar-refractivity contribution is -0.00000438. The summed E-state index contributed by atoms with van der Waals surface area (Å²) in [6.07, 6.45) is 8.36. The SMILES string of the molecule is CN(C)C1CCC2NC3CCC(N(C)C)CC3[SH+]C2C1.[Cl-]. The number of fused-ring (bicyclic) bond motifs is 2. The Labute approximate surface area is 141 Å². The molecule has 3 nitrogen and oxygen atoms in total. The van der Waals surface area contributed by atoms with Crippen molar-refractivity contribution < 1.29 is 12.4 Å². The van der Waals surface area contributed by atoms with Gasteiger partial charge >= 0.3 is 0 Å². The number of hydrogen-bond donors (Lipinski definition) is 1. The third-order valence-electron chi connectivity index (χ3n) is 5.85. The zero-order chi connectivity index (χ0) is 14.3. The van der Waals surface area contributed by atoms with Gasteiger partial charge in [0.2, 0.25) is 0 Å². The van der Waals surface area contributed by atoms with Gasteiger partial charge in [0, 0.05) is 24.9 Å². The average Bonchev–Trinajstić information content (AvgIpc) is 2.43. The van der Waals surface area contributed by atoms with Crippen molar-refractivity contribution in [1.29, 1.82) is 0 Å². The second-order valence-electron chi connectivity index (χ2n) is 7.52. The van der Waals surface area contributed by atoms with E-state index in [1.165, 1.54) is 38.5 Å². The van der Waals surface area contributed by atoms with E-state index in [4.69, 9.17) is 0 Å². The molecule has 6 unspecified atom stereocenters. The van der Waals surface area contributed by atoms with Crippen molar-refractivity contribution in [3.05, 3.63) is 0 Å². The van der Waals surface area contributed by atoms with Gasteiger partial charge in [-0.15, -0.1) is 0 Å². The molecule has 2 aliphatic carbocycles. The Morgan fingerprint density at radius 2 is 1.19 bits per heavy atom. The highest BCUT2D eigenvalue weighted by molar-refractivity contribution is 7.80. The molecule has 1 saturated heterocycles. The number of halogens is 1. The average molecular weight is 334 g/mol. The van der Waals surface area contributed by atoms with Crippen LogP contribution in [-0.2, 0) is 11.8 Å². The molecule has 0 radical (unpaired) electrons. The van der Waals surface area contributed by atoms with E-state index in [0.717, 1.165) is 34.7 Å². The molecule has 1 aliphatic heterocycles. The molecule has 0 aromatic carbocycles. The number of nitrogens with one attached hydrogen (secondary N) is 1. The van der Waals surface area contributed by atoms with Gasteiger partial charge in [0.1, 0.15) is 10.5 Å².